The molecule has 25 heavy (non-hydrogen) atoms. The van der Waals surface area contributed by atoms with Gasteiger partial charge in [-0.3, -0.25) is 19.9 Å². The van der Waals surface area contributed by atoms with Crippen LogP contribution in [0.3, 0.4) is 0 Å². The first-order valence-electron chi connectivity index (χ1n) is 7.16. The number of rotatable bonds is 3. The Kier molecular flexibility index (Phi) is 4.49. The molecular formula is C17H12ClN3O4. The molecular weight excluding hydrogens is 346 g/mol. The van der Waals surface area contributed by atoms with Crippen LogP contribution in [0.2, 0.25) is 5.02 Å². The molecule has 1 aliphatic heterocycles. The lowest BCUT2D eigenvalue weighted by molar-refractivity contribution is -0.122. The Balaban J connectivity index is 2.00. The molecule has 1 aromatic heterocycles. The third-order valence-corrected chi connectivity index (χ3v) is 3.79. The predicted molar refractivity (Wildman–Crippen MR) is 91.2 cm³/mol. The lowest BCUT2D eigenvalue weighted by atomic mass is 10.1. The highest BCUT2D eigenvalue weighted by atomic mass is 35.5. The van der Waals surface area contributed by atoms with Crippen LogP contribution < -0.4 is 15.0 Å². The quantitative estimate of drug-likeness (QED) is 0.673. The zero-order chi connectivity index (χ0) is 18.0. The molecule has 2 heterocycles. The molecule has 0 radical (unpaired) electrons. The molecule has 1 aliphatic rings. The molecule has 8 heteroatoms. The van der Waals surface area contributed by atoms with E-state index in [0.717, 1.165) is 4.90 Å². The maximum atomic E-state index is 12.6. The first kappa shape index (κ1) is 16.7. The number of hydrogen-bond donors (Lipinski definition) is 1. The summed E-state index contributed by atoms with van der Waals surface area (Å²) in [7, 11) is 1.48. The molecule has 0 unspecified atom stereocenters. The number of hydrogen-bond acceptors (Lipinski definition) is 5. The SMILES string of the molecule is COc1ccc(/C=C2\C(=O)NC(=O)N(c3cccnc3)C2=O)cc1Cl. The smallest absolute Gasteiger partial charge is 0.336 e. The lowest BCUT2D eigenvalue weighted by Crippen LogP contribution is -2.54. The van der Waals surface area contributed by atoms with Crippen LogP contribution in [0, 0.1) is 0 Å². The monoisotopic (exact) mass is 357 g/mol. The average molecular weight is 358 g/mol. The van der Waals surface area contributed by atoms with Crippen molar-refractivity contribution >= 4 is 41.2 Å². The van der Waals surface area contributed by atoms with Crippen molar-refractivity contribution < 1.29 is 19.1 Å². The summed E-state index contributed by atoms with van der Waals surface area (Å²) in [5, 5.41) is 2.47. The molecule has 1 saturated heterocycles. The number of barbiturate groups is 1. The molecule has 4 amide bonds. The number of pyridine rings is 1. The first-order valence-corrected chi connectivity index (χ1v) is 7.54. The second-order valence-electron chi connectivity index (χ2n) is 5.06. The molecule has 1 N–H and O–H groups in total. The van der Waals surface area contributed by atoms with E-state index in [1.54, 1.807) is 30.3 Å². The zero-order valence-corrected chi connectivity index (χ0v) is 13.8. The number of halogens is 1. The second-order valence-corrected chi connectivity index (χ2v) is 5.47. The van der Waals surface area contributed by atoms with Crippen LogP contribution >= 0.6 is 11.6 Å². The highest BCUT2D eigenvalue weighted by molar-refractivity contribution is 6.39. The van der Waals surface area contributed by atoms with Crippen molar-refractivity contribution in [1.29, 1.82) is 0 Å². The zero-order valence-electron chi connectivity index (χ0n) is 13.0. The van der Waals surface area contributed by atoms with Crippen molar-refractivity contribution in [2.24, 2.45) is 0 Å². The summed E-state index contributed by atoms with van der Waals surface area (Å²) in [6, 6.07) is 7.11. The Labute approximate surface area is 147 Å². The molecule has 0 spiro atoms. The van der Waals surface area contributed by atoms with Crippen molar-refractivity contribution in [3.05, 3.63) is 58.9 Å². The largest absolute Gasteiger partial charge is 0.495 e. The van der Waals surface area contributed by atoms with Gasteiger partial charge in [-0.25, -0.2) is 9.69 Å². The highest BCUT2D eigenvalue weighted by Crippen LogP contribution is 2.27. The Morgan fingerprint density at radius 1 is 1.24 bits per heavy atom. The van der Waals surface area contributed by atoms with Gasteiger partial charge in [0.1, 0.15) is 11.3 Å². The number of anilines is 1. The summed E-state index contributed by atoms with van der Waals surface area (Å²) in [5.74, 6) is -1.05. The molecule has 0 atom stereocenters. The van der Waals surface area contributed by atoms with Crippen molar-refractivity contribution in [2.75, 3.05) is 12.0 Å². The molecule has 0 bridgehead atoms. The number of carbonyl (C=O) groups is 3. The minimum absolute atomic E-state index is 0.190. The number of ether oxygens (including phenoxy) is 1. The van der Waals surface area contributed by atoms with Crippen LogP contribution in [0.1, 0.15) is 5.56 Å². The molecule has 1 fully saturated rings. The fourth-order valence-corrected chi connectivity index (χ4v) is 2.58. The fourth-order valence-electron chi connectivity index (χ4n) is 2.32. The van der Waals surface area contributed by atoms with Crippen LogP contribution in [0.25, 0.3) is 6.08 Å². The number of nitrogens with zero attached hydrogens (tertiary/aromatic N) is 2. The van der Waals surface area contributed by atoms with Gasteiger partial charge < -0.3 is 4.74 Å². The van der Waals surface area contributed by atoms with Gasteiger partial charge in [0.05, 0.1) is 24.0 Å². The van der Waals surface area contributed by atoms with Crippen LogP contribution in [0.15, 0.2) is 48.3 Å². The number of amides is 4. The van der Waals surface area contributed by atoms with Gasteiger partial charge in [-0.2, -0.15) is 0 Å². The summed E-state index contributed by atoms with van der Waals surface area (Å²) in [6.45, 7) is 0. The minimum Gasteiger partial charge on any atom is -0.495 e. The summed E-state index contributed by atoms with van der Waals surface area (Å²) in [5.41, 5.74) is 0.589. The van der Waals surface area contributed by atoms with Gasteiger partial charge in [-0.1, -0.05) is 17.7 Å². The van der Waals surface area contributed by atoms with E-state index in [1.165, 1.54) is 25.6 Å². The van der Waals surface area contributed by atoms with E-state index in [0.29, 0.717) is 16.3 Å². The maximum Gasteiger partial charge on any atom is 0.336 e. The number of nitrogens with one attached hydrogen (secondary N) is 1. The second kappa shape index (κ2) is 6.74. The van der Waals surface area contributed by atoms with E-state index in [9.17, 15) is 14.4 Å². The molecule has 1 aromatic carbocycles. The van der Waals surface area contributed by atoms with Crippen molar-refractivity contribution in [3.63, 3.8) is 0 Å². The topological polar surface area (TPSA) is 88.6 Å². The normalized spacial score (nSPS) is 16.2. The number of benzene rings is 1. The van der Waals surface area contributed by atoms with Gasteiger partial charge in [0.25, 0.3) is 11.8 Å². The Hall–Kier alpha value is -3.19. The van der Waals surface area contributed by atoms with Crippen molar-refractivity contribution in [2.45, 2.75) is 0 Å². The first-order chi connectivity index (χ1) is 12.0. The van der Waals surface area contributed by atoms with Crippen LogP contribution in [0.4, 0.5) is 10.5 Å². The maximum absolute atomic E-state index is 12.6. The Morgan fingerprint density at radius 3 is 2.68 bits per heavy atom. The van der Waals surface area contributed by atoms with Crippen LogP contribution in [-0.2, 0) is 9.59 Å². The van der Waals surface area contributed by atoms with E-state index in [1.807, 2.05) is 0 Å². The third-order valence-electron chi connectivity index (χ3n) is 3.49. The van der Waals surface area contributed by atoms with Gasteiger partial charge in [0.2, 0.25) is 0 Å². The number of urea groups is 1. The predicted octanol–water partition coefficient (Wildman–Crippen LogP) is 2.41. The molecule has 2 aromatic rings. The Morgan fingerprint density at radius 2 is 2.04 bits per heavy atom. The van der Waals surface area contributed by atoms with Gasteiger partial charge in [0.15, 0.2) is 0 Å². The van der Waals surface area contributed by atoms with E-state index >= 15 is 0 Å². The Bertz CT molecular complexity index is 896. The number of methoxy groups -OCH3 is 1. The average Bonchev–Trinajstić information content (AvgIpc) is 2.59. The standard InChI is InChI=1S/C17H12ClN3O4/c1-25-14-5-4-10(8-13(14)18)7-12-15(22)20-17(24)21(16(12)23)11-3-2-6-19-9-11/h2-9H,1H3,(H,20,22,24)/b12-7+. The molecule has 7 nitrogen and oxygen atoms in total. The summed E-state index contributed by atoms with van der Waals surface area (Å²) in [6.07, 6.45) is 4.23. The molecule has 0 aliphatic carbocycles. The van der Waals surface area contributed by atoms with Gasteiger partial charge in [0, 0.05) is 6.20 Å². The fraction of sp³-hybridized carbons (Fsp3) is 0.0588. The van der Waals surface area contributed by atoms with E-state index < -0.39 is 17.8 Å². The highest BCUT2D eigenvalue weighted by Gasteiger charge is 2.36. The van der Waals surface area contributed by atoms with E-state index in [-0.39, 0.29) is 11.3 Å². The minimum atomic E-state index is -0.826. The number of carbonyl (C=O) groups excluding carboxylic acids is 3. The van der Waals surface area contributed by atoms with Crippen molar-refractivity contribution in [3.8, 4) is 5.75 Å². The molecule has 126 valence electrons. The van der Waals surface area contributed by atoms with Gasteiger partial charge >= 0.3 is 6.03 Å². The van der Waals surface area contributed by atoms with E-state index in [2.05, 4.69) is 10.3 Å². The van der Waals surface area contributed by atoms with Gasteiger partial charge in [-0.15, -0.1) is 0 Å². The lowest BCUT2D eigenvalue weighted by Gasteiger charge is -2.26. The number of aromatic nitrogens is 1. The molecule has 3 rings (SSSR count). The van der Waals surface area contributed by atoms with E-state index in [4.69, 9.17) is 16.3 Å². The summed E-state index contributed by atoms with van der Waals surface area (Å²) < 4.78 is 5.06. The van der Waals surface area contributed by atoms with Crippen LogP contribution in [-0.4, -0.2) is 29.9 Å². The summed E-state index contributed by atoms with van der Waals surface area (Å²) in [4.78, 5) is 41.5. The van der Waals surface area contributed by atoms with Crippen molar-refractivity contribution in [1.82, 2.24) is 10.3 Å². The van der Waals surface area contributed by atoms with Crippen LogP contribution in [0.5, 0.6) is 5.75 Å². The molecule has 0 saturated carbocycles. The number of imide groups is 2. The third kappa shape index (κ3) is 3.22. The van der Waals surface area contributed by atoms with Gasteiger partial charge in [-0.05, 0) is 35.9 Å². The summed E-state index contributed by atoms with van der Waals surface area (Å²) >= 11 is 6.06.